The molecular formula is C14H12N2O2S2. The lowest BCUT2D eigenvalue weighted by Crippen LogP contribution is -2.37. The maximum absolute atomic E-state index is 12.8. The minimum atomic E-state index is -3.62. The van der Waals surface area contributed by atoms with Crippen LogP contribution in [0.1, 0.15) is 0 Å². The number of aliphatic imine (C=N–C) groups is 1. The van der Waals surface area contributed by atoms with Gasteiger partial charge in [0.25, 0.3) is 10.0 Å². The van der Waals surface area contributed by atoms with Crippen LogP contribution in [0.4, 0.5) is 11.4 Å². The minimum absolute atomic E-state index is 0.238. The van der Waals surface area contributed by atoms with Crippen molar-refractivity contribution in [1.82, 2.24) is 0 Å². The number of fused-ring (bicyclic) bond motifs is 1. The quantitative estimate of drug-likeness (QED) is 0.812. The van der Waals surface area contributed by atoms with E-state index in [1.54, 1.807) is 36.4 Å². The molecule has 0 radical (unpaired) electrons. The van der Waals surface area contributed by atoms with Crippen LogP contribution >= 0.6 is 11.8 Å². The van der Waals surface area contributed by atoms with Gasteiger partial charge in [-0.2, -0.15) is 0 Å². The van der Waals surface area contributed by atoms with Gasteiger partial charge in [0.05, 0.1) is 11.4 Å². The lowest BCUT2D eigenvalue weighted by Gasteiger charge is -2.28. The predicted octanol–water partition coefficient (Wildman–Crippen LogP) is 3.25. The molecule has 0 aromatic heterocycles. The third kappa shape index (κ3) is 2.01. The molecule has 0 bridgehead atoms. The summed E-state index contributed by atoms with van der Waals surface area (Å²) >= 11 is 1.31. The Morgan fingerprint density at radius 1 is 1.00 bits per heavy atom. The van der Waals surface area contributed by atoms with E-state index in [0.717, 1.165) is 0 Å². The first-order valence-electron chi connectivity index (χ1n) is 5.96. The maximum Gasteiger partial charge on any atom is 0.272 e. The Kier molecular flexibility index (Phi) is 3.27. The average Bonchev–Trinajstić information content (AvgIpc) is 2.47. The second kappa shape index (κ2) is 4.96. The van der Waals surface area contributed by atoms with Gasteiger partial charge in [-0.05, 0) is 30.5 Å². The standard InChI is InChI=1S/C14H12N2O2S2/c1-19-14-15-12-9-5-6-10-13(12)20(17,18)16(14)11-7-3-2-4-8-11/h2-10H,1H3. The van der Waals surface area contributed by atoms with E-state index in [1.165, 1.54) is 16.1 Å². The molecule has 0 fully saturated rings. The molecule has 3 rings (SSSR count). The Morgan fingerprint density at radius 3 is 2.35 bits per heavy atom. The monoisotopic (exact) mass is 304 g/mol. The van der Waals surface area contributed by atoms with Crippen LogP contribution in [0.25, 0.3) is 0 Å². The fourth-order valence-corrected chi connectivity index (χ4v) is 4.51. The molecule has 2 aromatic carbocycles. The van der Waals surface area contributed by atoms with E-state index >= 15 is 0 Å². The number of benzene rings is 2. The van der Waals surface area contributed by atoms with Crippen LogP contribution in [0, 0.1) is 0 Å². The average molecular weight is 304 g/mol. The highest BCUT2D eigenvalue weighted by Gasteiger charge is 2.34. The molecule has 0 aliphatic carbocycles. The summed E-state index contributed by atoms with van der Waals surface area (Å²) in [6, 6.07) is 15.8. The van der Waals surface area contributed by atoms with E-state index in [2.05, 4.69) is 4.99 Å². The zero-order chi connectivity index (χ0) is 14.2. The summed E-state index contributed by atoms with van der Waals surface area (Å²) < 4.78 is 26.9. The number of hydrogen-bond acceptors (Lipinski definition) is 4. The molecule has 0 N–H and O–H groups in total. The first kappa shape index (κ1) is 13.2. The molecule has 1 aliphatic heterocycles. The fourth-order valence-electron chi connectivity index (χ4n) is 2.06. The highest BCUT2D eigenvalue weighted by Crippen LogP contribution is 2.36. The Bertz CT molecular complexity index is 771. The van der Waals surface area contributed by atoms with Gasteiger partial charge in [-0.15, -0.1) is 0 Å². The lowest BCUT2D eigenvalue weighted by molar-refractivity contribution is 0.597. The number of anilines is 1. The second-order valence-corrected chi connectivity index (χ2v) is 6.70. The maximum atomic E-state index is 12.8. The molecule has 0 unspecified atom stereocenters. The molecule has 0 saturated heterocycles. The fraction of sp³-hybridized carbons (Fsp3) is 0.0714. The Labute approximate surface area is 122 Å². The van der Waals surface area contributed by atoms with Gasteiger partial charge < -0.3 is 0 Å². The minimum Gasteiger partial charge on any atom is -0.222 e. The first-order chi connectivity index (χ1) is 9.64. The van der Waals surface area contributed by atoms with Crippen molar-refractivity contribution in [2.75, 3.05) is 10.6 Å². The molecule has 1 heterocycles. The normalized spacial score (nSPS) is 16.4. The van der Waals surface area contributed by atoms with Crippen molar-refractivity contribution in [2.45, 2.75) is 4.90 Å². The SMILES string of the molecule is CSC1=Nc2ccccc2S(=O)(=O)N1c1ccccc1. The summed E-state index contributed by atoms with van der Waals surface area (Å²) in [6.07, 6.45) is 1.82. The van der Waals surface area contributed by atoms with Crippen molar-refractivity contribution in [3.05, 3.63) is 54.6 Å². The summed E-state index contributed by atoms with van der Waals surface area (Å²) in [7, 11) is -3.62. The smallest absolute Gasteiger partial charge is 0.222 e. The van der Waals surface area contributed by atoms with Crippen LogP contribution in [0.2, 0.25) is 0 Å². The number of nitrogens with zero attached hydrogens (tertiary/aromatic N) is 2. The number of hydrogen-bond donors (Lipinski definition) is 0. The topological polar surface area (TPSA) is 49.7 Å². The summed E-state index contributed by atoms with van der Waals surface area (Å²) in [5.41, 5.74) is 1.08. The van der Waals surface area contributed by atoms with Gasteiger partial charge in [0.2, 0.25) is 0 Å². The van der Waals surface area contributed by atoms with Gasteiger partial charge in [0.15, 0.2) is 5.17 Å². The van der Waals surface area contributed by atoms with Crippen LogP contribution < -0.4 is 4.31 Å². The largest absolute Gasteiger partial charge is 0.272 e. The van der Waals surface area contributed by atoms with Crippen molar-refractivity contribution in [1.29, 1.82) is 0 Å². The molecule has 0 spiro atoms. The van der Waals surface area contributed by atoms with Crippen molar-refractivity contribution in [3.63, 3.8) is 0 Å². The Morgan fingerprint density at radius 2 is 1.65 bits per heavy atom. The van der Waals surface area contributed by atoms with Gasteiger partial charge in [0.1, 0.15) is 4.90 Å². The van der Waals surface area contributed by atoms with E-state index < -0.39 is 10.0 Å². The lowest BCUT2D eigenvalue weighted by atomic mass is 10.3. The summed E-state index contributed by atoms with van der Waals surface area (Å²) in [4.78, 5) is 4.68. The molecule has 20 heavy (non-hydrogen) atoms. The van der Waals surface area contributed by atoms with Crippen LogP contribution in [0.15, 0.2) is 64.5 Å². The molecule has 0 saturated carbocycles. The number of thioether (sulfide) groups is 1. The van der Waals surface area contributed by atoms with E-state index in [1.807, 2.05) is 24.5 Å². The summed E-state index contributed by atoms with van der Waals surface area (Å²) in [5, 5.41) is 0.454. The van der Waals surface area contributed by atoms with E-state index in [0.29, 0.717) is 16.5 Å². The van der Waals surface area contributed by atoms with Gasteiger partial charge in [-0.3, -0.25) is 0 Å². The van der Waals surface area contributed by atoms with Crippen LogP contribution in [0.5, 0.6) is 0 Å². The molecule has 4 nitrogen and oxygen atoms in total. The van der Waals surface area contributed by atoms with Gasteiger partial charge in [-0.1, -0.05) is 42.1 Å². The summed E-state index contributed by atoms with van der Waals surface area (Å²) in [6.45, 7) is 0. The molecule has 102 valence electrons. The second-order valence-electron chi connectivity index (χ2n) is 4.17. The van der Waals surface area contributed by atoms with Crippen LogP contribution in [-0.2, 0) is 10.0 Å². The zero-order valence-electron chi connectivity index (χ0n) is 10.7. The van der Waals surface area contributed by atoms with E-state index in [-0.39, 0.29) is 4.90 Å². The molecule has 0 amide bonds. The van der Waals surface area contributed by atoms with Gasteiger partial charge in [-0.25, -0.2) is 17.7 Å². The number of para-hydroxylation sites is 2. The first-order valence-corrected chi connectivity index (χ1v) is 8.63. The van der Waals surface area contributed by atoms with Crippen molar-refractivity contribution in [2.24, 2.45) is 4.99 Å². The zero-order valence-corrected chi connectivity index (χ0v) is 12.4. The molecule has 0 atom stereocenters. The molecule has 1 aliphatic rings. The number of rotatable bonds is 1. The van der Waals surface area contributed by atoms with E-state index in [9.17, 15) is 8.42 Å². The van der Waals surface area contributed by atoms with Gasteiger partial charge >= 0.3 is 0 Å². The highest BCUT2D eigenvalue weighted by molar-refractivity contribution is 8.15. The van der Waals surface area contributed by atoms with Gasteiger partial charge in [0, 0.05) is 0 Å². The summed E-state index contributed by atoms with van der Waals surface area (Å²) in [5.74, 6) is 0. The van der Waals surface area contributed by atoms with Crippen LogP contribution in [-0.4, -0.2) is 19.8 Å². The highest BCUT2D eigenvalue weighted by atomic mass is 32.2. The van der Waals surface area contributed by atoms with E-state index in [4.69, 9.17) is 0 Å². The number of sulfonamides is 1. The predicted molar refractivity (Wildman–Crippen MR) is 83.2 cm³/mol. The third-order valence-electron chi connectivity index (χ3n) is 2.95. The molecule has 2 aromatic rings. The molecule has 6 heteroatoms. The third-order valence-corrected chi connectivity index (χ3v) is 5.47. The van der Waals surface area contributed by atoms with Crippen LogP contribution in [0.3, 0.4) is 0 Å². The Hall–Kier alpha value is -1.79. The van der Waals surface area contributed by atoms with Crippen molar-refractivity contribution >= 4 is 38.3 Å². The number of amidine groups is 1. The van der Waals surface area contributed by atoms with Crippen molar-refractivity contribution in [3.8, 4) is 0 Å². The van der Waals surface area contributed by atoms with Crippen molar-refractivity contribution < 1.29 is 8.42 Å². The Balaban J connectivity index is 2.26. The molecular weight excluding hydrogens is 292 g/mol.